The number of hydrogen-bond acceptors (Lipinski definition) is 1. The molecule has 1 nitrogen and oxygen atoms in total. The zero-order valence-electron chi connectivity index (χ0n) is 10.8. The minimum atomic E-state index is 0.805. The molecular weight excluding hydrogens is 337 g/mol. The Balaban J connectivity index is 2.19. The number of anilines is 1. The van der Waals surface area contributed by atoms with Crippen LogP contribution in [-0.2, 0) is 19.2 Å². The van der Waals surface area contributed by atoms with Gasteiger partial charge < -0.3 is 0 Å². The number of rotatable bonds is 2. The molecule has 0 saturated heterocycles. The number of nitrogen functional groups attached to an aromatic ring is 1. The summed E-state index contributed by atoms with van der Waals surface area (Å²) >= 11 is 3.20. The molecule has 3 rings (SSSR count). The molecule has 0 saturated carbocycles. The maximum absolute atomic E-state index is 6.12. The molecule has 0 atom stereocenters. The van der Waals surface area contributed by atoms with E-state index >= 15 is 0 Å². The second-order valence-corrected chi connectivity index (χ2v) is 5.50. The van der Waals surface area contributed by atoms with Crippen molar-refractivity contribution in [2.75, 3.05) is 5.73 Å². The molecule has 20 heavy (non-hydrogen) atoms. The number of nitrogens with two attached hydrogens (primary N) is 1. The molecule has 3 aromatic carbocycles. The standard InChI is InChI=1S/C18H14N.Pd/c19-18-13-7-6-12-17(18)16-11-5-4-10-15(16)14-8-2-1-3-9-14;/h2-13H,19H2;. The van der Waals surface area contributed by atoms with Crippen molar-refractivity contribution in [1.29, 1.82) is 0 Å². The Kier molecular flexibility index (Phi) is 3.69. The van der Waals surface area contributed by atoms with Gasteiger partial charge in [-0.2, -0.15) is 0 Å². The summed E-state index contributed by atoms with van der Waals surface area (Å²) in [6, 6.07) is 24.7. The third-order valence-electron chi connectivity index (χ3n) is 3.31. The predicted octanol–water partition coefficient (Wildman–Crippen LogP) is 3.77. The summed E-state index contributed by atoms with van der Waals surface area (Å²) in [4.78, 5) is 0. The average molecular weight is 351 g/mol. The summed E-state index contributed by atoms with van der Waals surface area (Å²) in [5.74, 6) is 0. The molecule has 0 heterocycles. The van der Waals surface area contributed by atoms with Crippen molar-refractivity contribution in [2.45, 2.75) is 0 Å². The normalized spacial score (nSPS) is 10.5. The maximum atomic E-state index is 6.12. The van der Waals surface area contributed by atoms with Gasteiger partial charge in [-0.1, -0.05) is 0 Å². The van der Waals surface area contributed by atoms with Crippen LogP contribution < -0.4 is 9.77 Å². The second kappa shape index (κ2) is 5.63. The van der Waals surface area contributed by atoms with Gasteiger partial charge in [-0.25, -0.2) is 0 Å². The van der Waals surface area contributed by atoms with Gasteiger partial charge in [0.05, 0.1) is 0 Å². The van der Waals surface area contributed by atoms with Crippen molar-refractivity contribution in [3.63, 3.8) is 0 Å². The topological polar surface area (TPSA) is 26.0 Å². The molecule has 0 radical (unpaired) electrons. The summed E-state index contributed by atoms with van der Waals surface area (Å²) in [6.45, 7) is 0. The zero-order valence-corrected chi connectivity index (χ0v) is 12.4. The molecule has 0 aromatic heterocycles. The third kappa shape index (κ3) is 2.54. The van der Waals surface area contributed by atoms with Gasteiger partial charge >= 0.3 is 130 Å². The van der Waals surface area contributed by atoms with Crippen molar-refractivity contribution in [1.82, 2.24) is 0 Å². The van der Waals surface area contributed by atoms with E-state index in [4.69, 9.17) is 5.73 Å². The van der Waals surface area contributed by atoms with Gasteiger partial charge in [0, 0.05) is 0 Å². The van der Waals surface area contributed by atoms with Crippen LogP contribution in [0.15, 0.2) is 72.8 Å². The van der Waals surface area contributed by atoms with Crippen molar-refractivity contribution < 1.29 is 19.2 Å². The summed E-state index contributed by atoms with van der Waals surface area (Å²) in [6.07, 6.45) is 0. The van der Waals surface area contributed by atoms with Crippen LogP contribution in [0.3, 0.4) is 0 Å². The SMILES string of the molecule is Nc1ccccc1-c1ccccc1-c1cc[c]([Pd])cc1. The summed E-state index contributed by atoms with van der Waals surface area (Å²) in [5.41, 5.74) is 11.6. The first kappa shape index (κ1) is 13.1. The summed E-state index contributed by atoms with van der Waals surface area (Å²) in [7, 11) is 0. The first-order valence-corrected chi connectivity index (χ1v) is 7.20. The minimum absolute atomic E-state index is 0.805. The van der Waals surface area contributed by atoms with Gasteiger partial charge in [-0.15, -0.1) is 0 Å². The van der Waals surface area contributed by atoms with Gasteiger partial charge in [0.25, 0.3) is 0 Å². The van der Waals surface area contributed by atoms with Gasteiger partial charge in [0.2, 0.25) is 0 Å². The predicted molar refractivity (Wildman–Crippen MR) is 81.4 cm³/mol. The van der Waals surface area contributed by atoms with E-state index in [0.29, 0.717) is 0 Å². The molecule has 0 bridgehead atoms. The molecule has 0 aliphatic carbocycles. The van der Waals surface area contributed by atoms with Gasteiger partial charge in [-0.05, 0) is 0 Å². The van der Waals surface area contributed by atoms with Crippen LogP contribution in [-0.4, -0.2) is 0 Å². The van der Waals surface area contributed by atoms with Gasteiger partial charge in [-0.3, -0.25) is 0 Å². The fourth-order valence-corrected chi connectivity index (χ4v) is 2.59. The quantitative estimate of drug-likeness (QED) is 0.552. The molecule has 2 heteroatoms. The molecular formula is C18H14NPd. The van der Waals surface area contributed by atoms with Gasteiger partial charge in [0.15, 0.2) is 0 Å². The number of para-hydroxylation sites is 1. The molecule has 0 amide bonds. The fraction of sp³-hybridized carbons (Fsp3) is 0. The van der Waals surface area contributed by atoms with Crippen molar-refractivity contribution >= 4 is 9.72 Å². The molecule has 0 aliphatic heterocycles. The van der Waals surface area contributed by atoms with E-state index in [1.165, 1.54) is 11.1 Å². The molecule has 0 spiro atoms. The van der Waals surface area contributed by atoms with Crippen molar-refractivity contribution in [2.24, 2.45) is 0 Å². The van der Waals surface area contributed by atoms with Crippen LogP contribution in [0.25, 0.3) is 22.3 Å². The van der Waals surface area contributed by atoms with E-state index < -0.39 is 0 Å². The first-order valence-electron chi connectivity index (χ1n) is 6.42. The Morgan fingerprint density at radius 3 is 1.80 bits per heavy atom. The monoisotopic (exact) mass is 350 g/mol. The number of hydrogen-bond donors (Lipinski definition) is 1. The molecule has 3 aromatic rings. The average Bonchev–Trinajstić information content (AvgIpc) is 2.49. The molecule has 0 aliphatic rings. The van der Waals surface area contributed by atoms with E-state index in [2.05, 4.69) is 67.7 Å². The molecule has 0 fully saturated rings. The Morgan fingerprint density at radius 2 is 1.15 bits per heavy atom. The molecule has 0 unspecified atom stereocenters. The Labute approximate surface area is 129 Å². The molecule has 2 N–H and O–H groups in total. The van der Waals surface area contributed by atoms with E-state index in [-0.39, 0.29) is 0 Å². The fourth-order valence-electron chi connectivity index (χ4n) is 2.33. The van der Waals surface area contributed by atoms with Crippen LogP contribution in [0, 0.1) is 0 Å². The Hall–Kier alpha value is -1.88. The van der Waals surface area contributed by atoms with Crippen molar-refractivity contribution in [3.8, 4) is 22.3 Å². The summed E-state index contributed by atoms with van der Waals surface area (Å²) in [5, 5.41) is 0. The van der Waals surface area contributed by atoms with Crippen LogP contribution in [0.2, 0.25) is 0 Å². The van der Waals surface area contributed by atoms with E-state index in [1.807, 2.05) is 24.3 Å². The van der Waals surface area contributed by atoms with Crippen LogP contribution in [0.4, 0.5) is 5.69 Å². The van der Waals surface area contributed by atoms with Crippen molar-refractivity contribution in [3.05, 3.63) is 72.8 Å². The first-order chi connectivity index (χ1) is 9.75. The van der Waals surface area contributed by atoms with E-state index in [9.17, 15) is 0 Å². The van der Waals surface area contributed by atoms with Crippen LogP contribution in [0.1, 0.15) is 0 Å². The Bertz CT molecular complexity index is 732. The van der Waals surface area contributed by atoms with E-state index in [1.54, 1.807) is 0 Å². The summed E-state index contributed by atoms with van der Waals surface area (Å²) < 4.78 is 1.12. The van der Waals surface area contributed by atoms with E-state index in [0.717, 1.165) is 20.9 Å². The van der Waals surface area contributed by atoms with Crippen LogP contribution in [0.5, 0.6) is 0 Å². The zero-order chi connectivity index (χ0) is 13.9. The Morgan fingerprint density at radius 1 is 0.600 bits per heavy atom. The van der Waals surface area contributed by atoms with Crippen LogP contribution >= 0.6 is 0 Å². The third-order valence-corrected chi connectivity index (χ3v) is 3.83. The second-order valence-electron chi connectivity index (χ2n) is 4.60. The number of benzene rings is 3. The van der Waals surface area contributed by atoms with Gasteiger partial charge in [0.1, 0.15) is 0 Å². The molecule has 101 valence electrons.